The van der Waals surface area contributed by atoms with E-state index in [4.69, 9.17) is 11.6 Å². The highest BCUT2D eigenvalue weighted by atomic mass is 35.5. The molecule has 1 saturated carbocycles. The Hall–Kier alpha value is -1.11. The largest absolute Gasteiger partial charge is 0.359 e. The molecule has 1 aromatic heterocycles. The minimum Gasteiger partial charge on any atom is -0.359 e. The summed E-state index contributed by atoms with van der Waals surface area (Å²) in [5.41, 5.74) is 1.01. The molecular formula is C17H21ClN2O2S2. The average Bonchev–Trinajstić information content (AvgIpc) is 2.75. The highest BCUT2D eigenvalue weighted by molar-refractivity contribution is 7.91. The molecule has 0 aliphatic heterocycles. The summed E-state index contributed by atoms with van der Waals surface area (Å²) < 4.78 is 25.7. The molecule has 3 rings (SSSR count). The zero-order valence-corrected chi connectivity index (χ0v) is 16.0. The van der Waals surface area contributed by atoms with Crippen molar-refractivity contribution in [2.75, 3.05) is 5.32 Å². The number of sulfone groups is 1. The third-order valence-electron chi connectivity index (χ3n) is 4.33. The molecule has 1 aliphatic rings. The van der Waals surface area contributed by atoms with Crippen molar-refractivity contribution < 1.29 is 8.42 Å². The fraction of sp³-hybridized carbons (Fsp3) is 0.471. The van der Waals surface area contributed by atoms with Gasteiger partial charge in [-0.15, -0.1) is 0 Å². The SMILES string of the molecule is Cc1ccc(S(=O)(=O)c2nc(NC3CCCCCC3)sc2Cl)cc1. The van der Waals surface area contributed by atoms with Crippen LogP contribution in [0.15, 0.2) is 34.2 Å². The zero-order valence-electron chi connectivity index (χ0n) is 13.6. The number of benzene rings is 1. The molecule has 0 radical (unpaired) electrons. The van der Waals surface area contributed by atoms with Gasteiger partial charge in [0.25, 0.3) is 0 Å². The number of aryl methyl sites for hydroxylation is 1. The highest BCUT2D eigenvalue weighted by Gasteiger charge is 2.26. The summed E-state index contributed by atoms with van der Waals surface area (Å²) in [5.74, 6) is 0. The summed E-state index contributed by atoms with van der Waals surface area (Å²) in [4.78, 5) is 4.52. The maximum atomic E-state index is 12.8. The molecule has 2 aromatic rings. The van der Waals surface area contributed by atoms with Gasteiger partial charge in [0, 0.05) is 6.04 Å². The summed E-state index contributed by atoms with van der Waals surface area (Å²) in [6.07, 6.45) is 7.12. The molecule has 0 saturated heterocycles. The van der Waals surface area contributed by atoms with E-state index < -0.39 is 9.84 Å². The van der Waals surface area contributed by atoms with Crippen LogP contribution in [0.25, 0.3) is 0 Å². The van der Waals surface area contributed by atoms with Crippen LogP contribution in [0.5, 0.6) is 0 Å². The Morgan fingerprint density at radius 2 is 1.75 bits per heavy atom. The summed E-state index contributed by atoms with van der Waals surface area (Å²) in [6.45, 7) is 1.92. The van der Waals surface area contributed by atoms with E-state index >= 15 is 0 Å². The zero-order chi connectivity index (χ0) is 17.2. The third-order valence-corrected chi connectivity index (χ3v) is 7.45. The minimum atomic E-state index is -3.69. The van der Waals surface area contributed by atoms with Crippen LogP contribution in [0.4, 0.5) is 5.13 Å². The first kappa shape index (κ1) is 17.7. The van der Waals surface area contributed by atoms with E-state index in [9.17, 15) is 8.42 Å². The quantitative estimate of drug-likeness (QED) is 0.747. The van der Waals surface area contributed by atoms with E-state index in [0.717, 1.165) is 18.4 Å². The molecule has 0 bridgehead atoms. The molecule has 0 spiro atoms. The van der Waals surface area contributed by atoms with Gasteiger partial charge in [-0.05, 0) is 31.9 Å². The van der Waals surface area contributed by atoms with E-state index in [-0.39, 0.29) is 14.3 Å². The van der Waals surface area contributed by atoms with E-state index in [1.807, 2.05) is 6.92 Å². The van der Waals surface area contributed by atoms with Gasteiger partial charge < -0.3 is 5.32 Å². The lowest BCUT2D eigenvalue weighted by Gasteiger charge is -2.14. The molecule has 1 aliphatic carbocycles. The molecule has 7 heteroatoms. The fourth-order valence-corrected chi connectivity index (χ4v) is 5.83. The predicted molar refractivity (Wildman–Crippen MR) is 98.9 cm³/mol. The van der Waals surface area contributed by atoms with Crippen molar-refractivity contribution in [1.29, 1.82) is 0 Å². The average molecular weight is 385 g/mol. The standard InChI is InChI=1S/C17H21ClN2O2S2/c1-12-8-10-14(11-9-12)24(21,22)16-15(18)23-17(20-16)19-13-6-4-2-3-5-7-13/h8-11,13H,2-7H2,1H3,(H,19,20). The molecule has 0 unspecified atom stereocenters. The van der Waals surface area contributed by atoms with Crippen molar-refractivity contribution in [3.63, 3.8) is 0 Å². The summed E-state index contributed by atoms with van der Waals surface area (Å²) >= 11 is 7.40. The van der Waals surface area contributed by atoms with E-state index in [1.165, 1.54) is 37.0 Å². The number of rotatable bonds is 4. The monoisotopic (exact) mass is 384 g/mol. The van der Waals surface area contributed by atoms with Crippen molar-refractivity contribution >= 4 is 37.9 Å². The first-order valence-electron chi connectivity index (χ1n) is 8.21. The van der Waals surface area contributed by atoms with Crippen molar-refractivity contribution in [3.8, 4) is 0 Å². The number of thiazole rings is 1. The first-order valence-corrected chi connectivity index (χ1v) is 10.9. The summed E-state index contributed by atoms with van der Waals surface area (Å²) in [5, 5.41) is 3.92. The number of hydrogen-bond donors (Lipinski definition) is 1. The maximum absolute atomic E-state index is 12.8. The number of nitrogens with one attached hydrogen (secondary N) is 1. The van der Waals surface area contributed by atoms with Crippen molar-refractivity contribution in [1.82, 2.24) is 4.98 Å². The maximum Gasteiger partial charge on any atom is 0.226 e. The van der Waals surface area contributed by atoms with Gasteiger partial charge in [0.2, 0.25) is 9.84 Å². The number of hydrogen-bond acceptors (Lipinski definition) is 5. The van der Waals surface area contributed by atoms with Crippen LogP contribution in [0.1, 0.15) is 44.1 Å². The summed E-state index contributed by atoms with van der Waals surface area (Å²) in [7, 11) is -3.69. The lowest BCUT2D eigenvalue weighted by molar-refractivity contribution is 0.592. The molecule has 1 N–H and O–H groups in total. The van der Waals surface area contributed by atoms with Crippen LogP contribution in [-0.2, 0) is 9.84 Å². The van der Waals surface area contributed by atoms with Crippen LogP contribution in [0.3, 0.4) is 0 Å². The van der Waals surface area contributed by atoms with Gasteiger partial charge in [-0.25, -0.2) is 13.4 Å². The summed E-state index contributed by atoms with van der Waals surface area (Å²) in [6, 6.07) is 7.09. The molecule has 0 atom stereocenters. The number of nitrogens with zero attached hydrogens (tertiary/aromatic N) is 1. The molecule has 1 fully saturated rings. The molecule has 130 valence electrons. The number of aromatic nitrogens is 1. The van der Waals surface area contributed by atoms with E-state index in [0.29, 0.717) is 11.2 Å². The van der Waals surface area contributed by atoms with Crippen molar-refractivity contribution in [2.24, 2.45) is 0 Å². The van der Waals surface area contributed by atoms with Gasteiger partial charge in [-0.3, -0.25) is 0 Å². The topological polar surface area (TPSA) is 59.1 Å². The first-order chi connectivity index (χ1) is 11.5. The Morgan fingerprint density at radius 3 is 2.38 bits per heavy atom. The third kappa shape index (κ3) is 3.92. The molecule has 24 heavy (non-hydrogen) atoms. The van der Waals surface area contributed by atoms with Crippen LogP contribution in [-0.4, -0.2) is 19.4 Å². The molecular weight excluding hydrogens is 364 g/mol. The van der Waals surface area contributed by atoms with Gasteiger partial charge in [0.15, 0.2) is 10.2 Å². The molecule has 0 amide bonds. The number of halogens is 1. The number of anilines is 1. The van der Waals surface area contributed by atoms with Crippen LogP contribution >= 0.6 is 22.9 Å². The van der Waals surface area contributed by atoms with Crippen molar-refractivity contribution in [2.45, 2.75) is 61.4 Å². The lowest BCUT2D eigenvalue weighted by atomic mass is 10.1. The van der Waals surface area contributed by atoms with Gasteiger partial charge in [0.05, 0.1) is 4.90 Å². The molecule has 1 aromatic carbocycles. The van der Waals surface area contributed by atoms with Crippen molar-refractivity contribution in [3.05, 3.63) is 34.2 Å². The second kappa shape index (κ2) is 7.42. The Kier molecular flexibility index (Phi) is 5.47. The second-order valence-corrected chi connectivity index (χ2v) is 9.71. The van der Waals surface area contributed by atoms with Gasteiger partial charge in [-0.1, -0.05) is 66.3 Å². The van der Waals surface area contributed by atoms with Gasteiger partial charge in [-0.2, -0.15) is 0 Å². The highest BCUT2D eigenvalue weighted by Crippen LogP contribution is 2.35. The Labute approximate surface area is 152 Å². The second-order valence-electron chi connectivity index (χ2n) is 6.25. The normalized spacial score (nSPS) is 16.8. The predicted octanol–water partition coefficient (Wildman–Crippen LogP) is 5.07. The Balaban J connectivity index is 1.84. The van der Waals surface area contributed by atoms with E-state index in [1.54, 1.807) is 24.3 Å². The van der Waals surface area contributed by atoms with E-state index in [2.05, 4.69) is 10.3 Å². The van der Waals surface area contributed by atoms with Crippen LogP contribution < -0.4 is 5.32 Å². The van der Waals surface area contributed by atoms with Gasteiger partial charge >= 0.3 is 0 Å². The molecule has 4 nitrogen and oxygen atoms in total. The Bertz CT molecular complexity index is 792. The smallest absolute Gasteiger partial charge is 0.226 e. The van der Waals surface area contributed by atoms with Gasteiger partial charge in [0.1, 0.15) is 4.34 Å². The fourth-order valence-electron chi connectivity index (χ4n) is 2.94. The minimum absolute atomic E-state index is 0.0471. The van der Waals surface area contributed by atoms with Crippen LogP contribution in [0.2, 0.25) is 4.34 Å². The Morgan fingerprint density at radius 1 is 1.12 bits per heavy atom. The lowest BCUT2D eigenvalue weighted by Crippen LogP contribution is -2.18. The molecule has 1 heterocycles. The van der Waals surface area contributed by atoms with Crippen LogP contribution in [0, 0.1) is 6.92 Å².